The maximum Gasteiger partial charge on any atom is 0.335 e. The van der Waals surface area contributed by atoms with Gasteiger partial charge in [-0.2, -0.15) is 0 Å². The summed E-state index contributed by atoms with van der Waals surface area (Å²) >= 11 is 0. The van der Waals surface area contributed by atoms with Crippen molar-refractivity contribution in [1.29, 1.82) is 0 Å². The van der Waals surface area contributed by atoms with Gasteiger partial charge in [0.25, 0.3) is 5.91 Å². The Balaban J connectivity index is 1.85. The Bertz CT molecular complexity index is 956. The van der Waals surface area contributed by atoms with E-state index in [1.807, 2.05) is 13.0 Å². The highest BCUT2D eigenvalue weighted by atomic mass is 16.5. The maximum atomic E-state index is 12.6. The molecule has 0 radical (unpaired) electrons. The number of carbonyl (C=O) groups is 3. The second kappa shape index (κ2) is 7.59. The van der Waals surface area contributed by atoms with E-state index in [0.717, 1.165) is 5.56 Å². The molecule has 3 rings (SSSR count). The largest absolute Gasteiger partial charge is 0.495 e. The van der Waals surface area contributed by atoms with Gasteiger partial charge in [-0.15, -0.1) is 0 Å². The monoisotopic (exact) mass is 384 g/mol. The van der Waals surface area contributed by atoms with Crippen LogP contribution in [0.1, 0.15) is 22.8 Å². The van der Waals surface area contributed by atoms with Crippen LogP contribution in [0.3, 0.4) is 0 Å². The van der Waals surface area contributed by atoms with Gasteiger partial charge in [0.15, 0.2) is 6.10 Å². The van der Waals surface area contributed by atoms with Gasteiger partial charge < -0.3 is 19.9 Å². The van der Waals surface area contributed by atoms with Crippen molar-refractivity contribution in [2.75, 3.05) is 23.9 Å². The fraction of sp³-hybridized carbons (Fsp3) is 0.250. The standard InChI is InChI=1S/C20H20N2O6/c1-11-4-7-16(27-3)14(8-11)21-18(23)10-22-15-6-5-13(20(25)26)9-17(15)28-12(2)19(22)24/h4-9,12H,10H2,1-3H3,(H,21,23)(H,25,26). The second-order valence-corrected chi connectivity index (χ2v) is 6.42. The molecule has 0 aliphatic carbocycles. The van der Waals surface area contributed by atoms with Gasteiger partial charge >= 0.3 is 5.97 Å². The van der Waals surface area contributed by atoms with Crippen LogP contribution in [0.15, 0.2) is 36.4 Å². The topological polar surface area (TPSA) is 105 Å². The second-order valence-electron chi connectivity index (χ2n) is 6.42. The normalized spacial score (nSPS) is 15.5. The van der Waals surface area contributed by atoms with Crippen LogP contribution >= 0.6 is 0 Å². The minimum absolute atomic E-state index is 0.0363. The Morgan fingerprint density at radius 1 is 1.25 bits per heavy atom. The van der Waals surface area contributed by atoms with Gasteiger partial charge in [-0.25, -0.2) is 4.79 Å². The predicted octanol–water partition coefficient (Wildman–Crippen LogP) is 2.45. The van der Waals surface area contributed by atoms with E-state index in [4.69, 9.17) is 14.6 Å². The summed E-state index contributed by atoms with van der Waals surface area (Å²) < 4.78 is 10.8. The number of fused-ring (bicyclic) bond motifs is 1. The summed E-state index contributed by atoms with van der Waals surface area (Å²) in [7, 11) is 1.50. The molecule has 0 aromatic heterocycles. The number of carboxylic acids is 1. The summed E-state index contributed by atoms with van der Waals surface area (Å²) in [4.78, 5) is 37.6. The van der Waals surface area contributed by atoms with Crippen molar-refractivity contribution in [2.24, 2.45) is 0 Å². The fourth-order valence-corrected chi connectivity index (χ4v) is 2.96. The number of methoxy groups -OCH3 is 1. The van der Waals surface area contributed by atoms with Crippen molar-refractivity contribution in [1.82, 2.24) is 0 Å². The Kier molecular flexibility index (Phi) is 5.21. The van der Waals surface area contributed by atoms with E-state index in [0.29, 0.717) is 17.1 Å². The molecular formula is C20H20N2O6. The highest BCUT2D eigenvalue weighted by Crippen LogP contribution is 2.35. The lowest BCUT2D eigenvalue weighted by molar-refractivity contribution is -0.127. The van der Waals surface area contributed by atoms with Crippen molar-refractivity contribution in [3.05, 3.63) is 47.5 Å². The quantitative estimate of drug-likeness (QED) is 0.820. The Hall–Kier alpha value is -3.55. The minimum atomic E-state index is -1.10. The van der Waals surface area contributed by atoms with E-state index in [-0.39, 0.29) is 23.8 Å². The van der Waals surface area contributed by atoms with Gasteiger partial charge in [-0.3, -0.25) is 14.5 Å². The number of aromatic carboxylic acids is 1. The third-order valence-electron chi connectivity index (χ3n) is 4.35. The molecule has 0 bridgehead atoms. The lowest BCUT2D eigenvalue weighted by Crippen LogP contribution is -2.47. The first-order valence-electron chi connectivity index (χ1n) is 8.60. The number of benzene rings is 2. The molecule has 2 N–H and O–H groups in total. The number of hydrogen-bond acceptors (Lipinski definition) is 5. The number of amides is 2. The van der Waals surface area contributed by atoms with Crippen LogP contribution in [0, 0.1) is 6.92 Å². The summed E-state index contributed by atoms with van der Waals surface area (Å²) in [5.74, 6) is -1.16. The average molecular weight is 384 g/mol. The van der Waals surface area contributed by atoms with Gasteiger partial charge in [0, 0.05) is 0 Å². The summed E-state index contributed by atoms with van der Waals surface area (Å²) in [5, 5.41) is 11.9. The molecule has 0 fully saturated rings. The molecule has 2 aromatic carbocycles. The van der Waals surface area contributed by atoms with Crippen molar-refractivity contribution in [2.45, 2.75) is 20.0 Å². The molecule has 1 aliphatic heterocycles. The summed E-state index contributed by atoms with van der Waals surface area (Å²) in [6.07, 6.45) is -0.835. The third kappa shape index (κ3) is 3.75. The van der Waals surface area contributed by atoms with Crippen molar-refractivity contribution < 1.29 is 29.0 Å². The molecule has 2 aromatic rings. The summed E-state index contributed by atoms with van der Waals surface area (Å²) in [5.41, 5.74) is 1.83. The third-order valence-corrected chi connectivity index (χ3v) is 4.35. The van der Waals surface area contributed by atoms with E-state index in [9.17, 15) is 14.4 Å². The Labute approximate surface area is 161 Å². The molecule has 0 saturated carbocycles. The number of rotatable bonds is 5. The average Bonchev–Trinajstić information content (AvgIpc) is 2.65. The highest BCUT2D eigenvalue weighted by molar-refractivity contribution is 6.06. The molecule has 1 aliphatic rings. The number of anilines is 2. The first kappa shape index (κ1) is 19.2. The molecule has 2 amide bonds. The summed E-state index contributed by atoms with van der Waals surface area (Å²) in [6.45, 7) is 3.19. The van der Waals surface area contributed by atoms with Crippen LogP contribution < -0.4 is 19.7 Å². The maximum absolute atomic E-state index is 12.6. The first-order valence-corrected chi connectivity index (χ1v) is 8.60. The zero-order valence-corrected chi connectivity index (χ0v) is 15.7. The molecule has 1 atom stereocenters. The minimum Gasteiger partial charge on any atom is -0.495 e. The zero-order chi connectivity index (χ0) is 20.4. The lowest BCUT2D eigenvalue weighted by atomic mass is 10.1. The first-order chi connectivity index (χ1) is 13.3. The molecule has 8 heteroatoms. The number of hydrogen-bond donors (Lipinski definition) is 2. The number of aryl methyl sites for hydroxylation is 1. The number of ether oxygens (including phenoxy) is 2. The SMILES string of the molecule is COc1ccc(C)cc1NC(=O)CN1C(=O)C(C)Oc2cc(C(=O)O)ccc21. The number of nitrogens with one attached hydrogen (secondary N) is 1. The zero-order valence-electron chi connectivity index (χ0n) is 15.7. The number of carbonyl (C=O) groups excluding carboxylic acids is 2. The van der Waals surface area contributed by atoms with Crippen LogP contribution in [-0.2, 0) is 9.59 Å². The highest BCUT2D eigenvalue weighted by Gasteiger charge is 2.33. The van der Waals surface area contributed by atoms with E-state index in [1.54, 1.807) is 19.1 Å². The van der Waals surface area contributed by atoms with Crippen molar-refractivity contribution in [3.63, 3.8) is 0 Å². The van der Waals surface area contributed by atoms with Crippen LogP contribution in [0.5, 0.6) is 11.5 Å². The molecule has 8 nitrogen and oxygen atoms in total. The number of nitrogens with zero attached hydrogens (tertiary/aromatic N) is 1. The lowest BCUT2D eigenvalue weighted by Gasteiger charge is -2.32. The van der Waals surface area contributed by atoms with E-state index in [2.05, 4.69) is 5.32 Å². The predicted molar refractivity (Wildman–Crippen MR) is 102 cm³/mol. The molecular weight excluding hydrogens is 364 g/mol. The van der Waals surface area contributed by atoms with E-state index < -0.39 is 18.0 Å². The van der Waals surface area contributed by atoms with Crippen LogP contribution in [0.25, 0.3) is 0 Å². The van der Waals surface area contributed by atoms with Gasteiger partial charge in [0.05, 0.1) is 24.0 Å². The fourth-order valence-electron chi connectivity index (χ4n) is 2.96. The molecule has 1 unspecified atom stereocenters. The van der Waals surface area contributed by atoms with E-state index >= 15 is 0 Å². The molecule has 146 valence electrons. The van der Waals surface area contributed by atoms with Gasteiger partial charge in [-0.1, -0.05) is 6.07 Å². The molecule has 0 spiro atoms. The van der Waals surface area contributed by atoms with E-state index in [1.165, 1.54) is 30.2 Å². The molecule has 0 saturated heterocycles. The van der Waals surface area contributed by atoms with Gasteiger partial charge in [-0.05, 0) is 49.7 Å². The molecule has 1 heterocycles. The van der Waals surface area contributed by atoms with Crippen LogP contribution in [-0.4, -0.2) is 42.6 Å². The smallest absolute Gasteiger partial charge is 0.335 e. The van der Waals surface area contributed by atoms with Crippen molar-refractivity contribution >= 4 is 29.2 Å². The molecule has 28 heavy (non-hydrogen) atoms. The van der Waals surface area contributed by atoms with Crippen LogP contribution in [0.2, 0.25) is 0 Å². The number of carboxylic acid groups (broad SMARTS) is 1. The van der Waals surface area contributed by atoms with Crippen LogP contribution in [0.4, 0.5) is 11.4 Å². The Morgan fingerprint density at radius 2 is 2.00 bits per heavy atom. The Morgan fingerprint density at radius 3 is 2.68 bits per heavy atom. The van der Waals surface area contributed by atoms with Gasteiger partial charge in [0.2, 0.25) is 5.91 Å². The van der Waals surface area contributed by atoms with Crippen molar-refractivity contribution in [3.8, 4) is 11.5 Å². The summed E-state index contributed by atoms with van der Waals surface area (Å²) in [6, 6.07) is 9.54. The van der Waals surface area contributed by atoms with Gasteiger partial charge in [0.1, 0.15) is 18.0 Å².